The molecule has 1 aromatic rings. The van der Waals surface area contributed by atoms with Gasteiger partial charge in [-0.3, -0.25) is 0 Å². The lowest BCUT2D eigenvalue weighted by Gasteiger charge is -2.39. The van der Waals surface area contributed by atoms with Crippen LogP contribution < -0.4 is 10.6 Å². The molecule has 2 unspecified atom stereocenters. The molecule has 3 N–H and O–H groups in total. The Balaban J connectivity index is 2.27. The first-order chi connectivity index (χ1) is 8.13. The average molecular weight is 236 g/mol. The zero-order chi connectivity index (χ0) is 12.4. The number of morpholine rings is 1. The van der Waals surface area contributed by atoms with E-state index in [-0.39, 0.29) is 18.8 Å². The van der Waals surface area contributed by atoms with E-state index in [0.717, 1.165) is 16.9 Å². The van der Waals surface area contributed by atoms with Crippen molar-refractivity contribution in [2.24, 2.45) is 0 Å². The van der Waals surface area contributed by atoms with Crippen LogP contribution >= 0.6 is 0 Å². The van der Waals surface area contributed by atoms with Gasteiger partial charge in [0.1, 0.15) is 0 Å². The van der Waals surface area contributed by atoms with Crippen molar-refractivity contribution in [1.29, 1.82) is 0 Å². The van der Waals surface area contributed by atoms with E-state index in [2.05, 4.69) is 11.8 Å². The molecule has 1 saturated heterocycles. The number of hydrogen-bond acceptors (Lipinski definition) is 4. The van der Waals surface area contributed by atoms with Crippen LogP contribution in [0.25, 0.3) is 0 Å². The molecule has 0 spiro atoms. The van der Waals surface area contributed by atoms with Crippen LogP contribution in [0.3, 0.4) is 0 Å². The summed E-state index contributed by atoms with van der Waals surface area (Å²) in [6, 6.07) is 6.32. The van der Waals surface area contributed by atoms with Gasteiger partial charge in [0.05, 0.1) is 30.7 Å². The van der Waals surface area contributed by atoms with Gasteiger partial charge in [0.15, 0.2) is 0 Å². The summed E-state index contributed by atoms with van der Waals surface area (Å²) in [5.74, 6) is 0. The molecule has 4 nitrogen and oxygen atoms in total. The normalized spacial score (nSPS) is 25.0. The monoisotopic (exact) mass is 236 g/mol. The third-order valence-electron chi connectivity index (χ3n) is 3.32. The van der Waals surface area contributed by atoms with E-state index in [0.29, 0.717) is 13.2 Å². The minimum atomic E-state index is -0.119. The number of benzene rings is 1. The molecule has 1 fully saturated rings. The molecule has 0 saturated carbocycles. The molecular weight excluding hydrogens is 216 g/mol. The fourth-order valence-corrected chi connectivity index (χ4v) is 2.18. The molecule has 0 bridgehead atoms. The summed E-state index contributed by atoms with van der Waals surface area (Å²) in [5.41, 5.74) is 9.06. The summed E-state index contributed by atoms with van der Waals surface area (Å²) < 4.78 is 5.53. The van der Waals surface area contributed by atoms with Crippen LogP contribution in [0, 0.1) is 6.92 Å². The van der Waals surface area contributed by atoms with Crippen LogP contribution in [0.4, 0.5) is 11.4 Å². The number of hydrogen-bond donors (Lipinski definition) is 2. The Labute approximate surface area is 102 Å². The molecule has 0 radical (unpaired) electrons. The van der Waals surface area contributed by atoms with Gasteiger partial charge in [0.2, 0.25) is 0 Å². The molecule has 1 heterocycles. The SMILES string of the molecule is Cc1cccc(N2CC(CO)OCC2C)c1N. The van der Waals surface area contributed by atoms with E-state index in [1.165, 1.54) is 0 Å². The van der Waals surface area contributed by atoms with Gasteiger partial charge in [0.25, 0.3) is 0 Å². The summed E-state index contributed by atoms with van der Waals surface area (Å²) >= 11 is 0. The first-order valence-electron chi connectivity index (χ1n) is 5.97. The highest BCUT2D eigenvalue weighted by Crippen LogP contribution is 2.29. The highest BCUT2D eigenvalue weighted by Gasteiger charge is 2.27. The number of nitrogens with two attached hydrogens (primary N) is 1. The second kappa shape index (κ2) is 4.94. The lowest BCUT2D eigenvalue weighted by Crippen LogP contribution is -2.49. The van der Waals surface area contributed by atoms with Crippen molar-refractivity contribution in [3.8, 4) is 0 Å². The second-order valence-electron chi connectivity index (χ2n) is 4.65. The van der Waals surface area contributed by atoms with E-state index < -0.39 is 0 Å². The smallest absolute Gasteiger partial charge is 0.0981 e. The van der Waals surface area contributed by atoms with Crippen molar-refractivity contribution < 1.29 is 9.84 Å². The summed E-state index contributed by atoms with van der Waals surface area (Å²) in [6.07, 6.45) is -0.119. The van der Waals surface area contributed by atoms with E-state index >= 15 is 0 Å². The number of aryl methyl sites for hydroxylation is 1. The van der Waals surface area contributed by atoms with E-state index in [4.69, 9.17) is 10.5 Å². The van der Waals surface area contributed by atoms with Crippen LogP contribution in [-0.4, -0.2) is 37.0 Å². The third-order valence-corrected chi connectivity index (χ3v) is 3.32. The van der Waals surface area contributed by atoms with Crippen molar-refractivity contribution in [3.63, 3.8) is 0 Å². The van der Waals surface area contributed by atoms with Crippen LogP contribution in [-0.2, 0) is 4.74 Å². The number of nitrogens with zero attached hydrogens (tertiary/aromatic N) is 1. The molecule has 2 rings (SSSR count). The molecule has 1 aliphatic rings. The number of anilines is 2. The minimum absolute atomic E-state index is 0.0505. The summed E-state index contributed by atoms with van der Waals surface area (Å²) in [7, 11) is 0. The number of aliphatic hydroxyl groups excluding tert-OH is 1. The quantitative estimate of drug-likeness (QED) is 0.757. The molecular formula is C13H20N2O2. The molecule has 0 aliphatic carbocycles. The van der Waals surface area contributed by atoms with Gasteiger partial charge in [-0.2, -0.15) is 0 Å². The van der Waals surface area contributed by atoms with Gasteiger partial charge >= 0.3 is 0 Å². The number of aliphatic hydroxyl groups is 1. The van der Waals surface area contributed by atoms with Crippen molar-refractivity contribution in [2.75, 3.05) is 30.4 Å². The number of nitrogen functional groups attached to an aromatic ring is 1. The molecule has 4 heteroatoms. The van der Waals surface area contributed by atoms with Gasteiger partial charge in [-0.15, -0.1) is 0 Å². The zero-order valence-electron chi connectivity index (χ0n) is 10.4. The Kier molecular flexibility index (Phi) is 3.54. The molecule has 1 aliphatic heterocycles. The maximum atomic E-state index is 9.18. The Bertz CT molecular complexity index is 395. The average Bonchev–Trinajstić information content (AvgIpc) is 2.34. The number of rotatable bonds is 2. The molecule has 17 heavy (non-hydrogen) atoms. The standard InChI is InChI=1S/C13H20N2O2/c1-9-4-3-5-12(13(9)14)15-6-11(7-16)17-8-10(15)2/h3-5,10-11,16H,6-8,14H2,1-2H3. The van der Waals surface area contributed by atoms with Crippen molar-refractivity contribution in [3.05, 3.63) is 23.8 Å². The predicted octanol–water partition coefficient (Wildman–Crippen LogP) is 1.16. The molecule has 1 aromatic carbocycles. The summed E-state index contributed by atoms with van der Waals surface area (Å²) in [4.78, 5) is 2.22. The topological polar surface area (TPSA) is 58.7 Å². The van der Waals surface area contributed by atoms with Crippen LogP contribution in [0.1, 0.15) is 12.5 Å². The summed E-state index contributed by atoms with van der Waals surface area (Å²) in [6.45, 7) is 5.47. The molecule has 2 atom stereocenters. The first-order valence-corrected chi connectivity index (χ1v) is 5.97. The zero-order valence-corrected chi connectivity index (χ0v) is 10.4. The van der Waals surface area contributed by atoms with E-state index in [9.17, 15) is 5.11 Å². The van der Waals surface area contributed by atoms with E-state index in [1.54, 1.807) is 0 Å². The van der Waals surface area contributed by atoms with Crippen LogP contribution in [0.5, 0.6) is 0 Å². The van der Waals surface area contributed by atoms with Gasteiger partial charge in [-0.05, 0) is 25.5 Å². The van der Waals surface area contributed by atoms with Crippen molar-refractivity contribution >= 4 is 11.4 Å². The Morgan fingerprint density at radius 3 is 3.00 bits per heavy atom. The maximum Gasteiger partial charge on any atom is 0.0981 e. The lowest BCUT2D eigenvalue weighted by molar-refractivity contribution is -0.0102. The minimum Gasteiger partial charge on any atom is -0.397 e. The molecule has 0 amide bonds. The van der Waals surface area contributed by atoms with Gasteiger partial charge < -0.3 is 20.5 Å². The Morgan fingerprint density at radius 2 is 2.29 bits per heavy atom. The lowest BCUT2D eigenvalue weighted by atomic mass is 10.1. The predicted molar refractivity (Wildman–Crippen MR) is 69.2 cm³/mol. The van der Waals surface area contributed by atoms with Gasteiger partial charge in [-0.25, -0.2) is 0 Å². The maximum absolute atomic E-state index is 9.18. The Hall–Kier alpha value is -1.26. The highest BCUT2D eigenvalue weighted by molar-refractivity contribution is 5.71. The fraction of sp³-hybridized carbons (Fsp3) is 0.538. The number of ether oxygens (including phenoxy) is 1. The highest BCUT2D eigenvalue weighted by atomic mass is 16.5. The van der Waals surface area contributed by atoms with E-state index in [1.807, 2.05) is 25.1 Å². The number of para-hydroxylation sites is 1. The van der Waals surface area contributed by atoms with Crippen LogP contribution in [0.2, 0.25) is 0 Å². The molecule has 0 aromatic heterocycles. The summed E-state index contributed by atoms with van der Waals surface area (Å²) in [5, 5.41) is 9.18. The van der Waals surface area contributed by atoms with Gasteiger partial charge in [0, 0.05) is 12.6 Å². The van der Waals surface area contributed by atoms with Gasteiger partial charge in [-0.1, -0.05) is 12.1 Å². The second-order valence-corrected chi connectivity index (χ2v) is 4.65. The van der Waals surface area contributed by atoms with Crippen molar-refractivity contribution in [1.82, 2.24) is 0 Å². The van der Waals surface area contributed by atoms with Crippen molar-refractivity contribution in [2.45, 2.75) is 26.0 Å². The fourth-order valence-electron chi connectivity index (χ4n) is 2.18. The Morgan fingerprint density at radius 1 is 1.53 bits per heavy atom. The largest absolute Gasteiger partial charge is 0.397 e. The first kappa shape index (κ1) is 12.2. The van der Waals surface area contributed by atoms with Crippen LogP contribution in [0.15, 0.2) is 18.2 Å². The molecule has 94 valence electrons. The third kappa shape index (κ3) is 2.37.